The first kappa shape index (κ1) is 20.6. The van der Waals surface area contributed by atoms with Gasteiger partial charge in [0.1, 0.15) is 5.75 Å². The third kappa shape index (κ3) is 8.40. The molecule has 0 fully saturated rings. The molecule has 24 heavy (non-hydrogen) atoms. The monoisotopic (exact) mass is 366 g/mol. The lowest BCUT2D eigenvalue weighted by molar-refractivity contribution is -0.143. The van der Waals surface area contributed by atoms with Crippen LogP contribution in [0.25, 0.3) is 0 Å². The maximum absolute atomic E-state index is 12.2. The van der Waals surface area contributed by atoms with Crippen LogP contribution in [0.4, 0.5) is 13.2 Å². The van der Waals surface area contributed by atoms with E-state index >= 15 is 0 Å². The van der Waals surface area contributed by atoms with Crippen LogP contribution in [0, 0.1) is 0 Å². The first-order valence-electron chi connectivity index (χ1n) is 7.55. The minimum Gasteiger partial charge on any atom is -0.495 e. The molecule has 0 saturated heterocycles. The Kier molecular flexibility index (Phi) is 8.35. The molecule has 1 aromatic rings. The Morgan fingerprint density at radius 2 is 2.08 bits per heavy atom. The lowest BCUT2D eigenvalue weighted by Gasteiger charge is -2.18. The number of methoxy groups -OCH3 is 1. The quantitative estimate of drug-likeness (QED) is 0.682. The van der Waals surface area contributed by atoms with Crippen molar-refractivity contribution in [3.05, 3.63) is 28.8 Å². The van der Waals surface area contributed by atoms with Crippen LogP contribution in [-0.4, -0.2) is 50.8 Å². The molecule has 136 valence electrons. The summed E-state index contributed by atoms with van der Waals surface area (Å²) in [6, 6.07) is 5.33. The van der Waals surface area contributed by atoms with Gasteiger partial charge in [-0.05, 0) is 44.1 Å². The van der Waals surface area contributed by atoms with Crippen LogP contribution in [0.1, 0.15) is 18.4 Å². The smallest absolute Gasteiger partial charge is 0.401 e. The van der Waals surface area contributed by atoms with Gasteiger partial charge in [0, 0.05) is 13.0 Å². The largest absolute Gasteiger partial charge is 0.495 e. The van der Waals surface area contributed by atoms with E-state index in [9.17, 15) is 18.0 Å². The molecule has 0 radical (unpaired) electrons. The number of ether oxygens (including phenoxy) is 1. The van der Waals surface area contributed by atoms with Crippen LogP contribution >= 0.6 is 11.6 Å². The van der Waals surface area contributed by atoms with Crippen molar-refractivity contribution in [2.45, 2.75) is 25.4 Å². The third-order valence-corrected chi connectivity index (χ3v) is 3.64. The molecular formula is C16H22ClF3N2O2. The minimum atomic E-state index is -4.20. The second kappa shape index (κ2) is 9.74. The maximum Gasteiger partial charge on any atom is 0.401 e. The standard InChI is InChI=1S/C16H22ClF3N2O2/c1-22(11-16(18,19)20)9-3-8-21-15(23)7-5-12-4-6-14(24-2)13(17)10-12/h4,6,10H,3,5,7-9,11H2,1-2H3,(H,21,23). The van der Waals surface area contributed by atoms with Crippen molar-refractivity contribution in [2.24, 2.45) is 0 Å². The van der Waals surface area contributed by atoms with E-state index in [1.807, 2.05) is 6.07 Å². The van der Waals surface area contributed by atoms with Gasteiger partial charge >= 0.3 is 6.18 Å². The Morgan fingerprint density at radius 3 is 2.67 bits per heavy atom. The summed E-state index contributed by atoms with van der Waals surface area (Å²) >= 11 is 6.01. The second-order valence-corrected chi connectivity index (χ2v) is 5.93. The molecule has 1 amide bonds. The molecule has 1 rings (SSSR count). The number of amides is 1. The molecular weight excluding hydrogens is 345 g/mol. The molecule has 0 heterocycles. The molecule has 4 nitrogen and oxygen atoms in total. The lowest BCUT2D eigenvalue weighted by Crippen LogP contribution is -2.33. The van der Waals surface area contributed by atoms with Crippen LogP contribution in [0.3, 0.4) is 0 Å². The van der Waals surface area contributed by atoms with Gasteiger partial charge in [0.15, 0.2) is 0 Å². The Balaban J connectivity index is 2.22. The summed E-state index contributed by atoms with van der Waals surface area (Å²) in [5.74, 6) is 0.438. The van der Waals surface area contributed by atoms with E-state index in [-0.39, 0.29) is 12.5 Å². The van der Waals surface area contributed by atoms with Crippen molar-refractivity contribution < 1.29 is 22.7 Å². The highest BCUT2D eigenvalue weighted by Gasteiger charge is 2.28. The first-order chi connectivity index (χ1) is 11.2. The van der Waals surface area contributed by atoms with Gasteiger partial charge in [-0.15, -0.1) is 0 Å². The van der Waals surface area contributed by atoms with Gasteiger partial charge < -0.3 is 10.1 Å². The Labute approximate surface area is 144 Å². The zero-order valence-electron chi connectivity index (χ0n) is 13.8. The summed E-state index contributed by atoms with van der Waals surface area (Å²) in [4.78, 5) is 12.9. The number of halogens is 4. The summed E-state index contributed by atoms with van der Waals surface area (Å²) in [7, 11) is 2.93. The molecule has 0 aliphatic rings. The van der Waals surface area contributed by atoms with Crippen molar-refractivity contribution in [1.82, 2.24) is 10.2 Å². The topological polar surface area (TPSA) is 41.6 Å². The summed E-state index contributed by atoms with van der Waals surface area (Å²) in [6.45, 7) is -0.322. The average Bonchev–Trinajstić information content (AvgIpc) is 2.48. The fourth-order valence-corrected chi connectivity index (χ4v) is 2.45. The number of carbonyl (C=O) groups excluding carboxylic acids is 1. The average molecular weight is 367 g/mol. The lowest BCUT2D eigenvalue weighted by atomic mass is 10.1. The van der Waals surface area contributed by atoms with E-state index in [4.69, 9.17) is 16.3 Å². The van der Waals surface area contributed by atoms with Crippen molar-refractivity contribution in [3.8, 4) is 5.75 Å². The summed E-state index contributed by atoms with van der Waals surface area (Å²) in [6.07, 6.45) is -2.91. The van der Waals surface area contributed by atoms with Crippen LogP contribution in [-0.2, 0) is 11.2 Å². The fourth-order valence-electron chi connectivity index (χ4n) is 2.17. The molecule has 0 atom stereocenters. The van der Waals surface area contributed by atoms with Crippen molar-refractivity contribution in [3.63, 3.8) is 0 Å². The number of hydrogen-bond donors (Lipinski definition) is 1. The van der Waals surface area contributed by atoms with E-state index in [2.05, 4.69) is 5.32 Å². The van der Waals surface area contributed by atoms with Crippen molar-refractivity contribution in [1.29, 1.82) is 0 Å². The van der Waals surface area contributed by atoms with Gasteiger partial charge in [-0.3, -0.25) is 9.69 Å². The summed E-state index contributed by atoms with van der Waals surface area (Å²) < 4.78 is 41.5. The van der Waals surface area contributed by atoms with Crippen LogP contribution in [0.15, 0.2) is 18.2 Å². The fraction of sp³-hybridized carbons (Fsp3) is 0.562. The Bertz CT molecular complexity index is 539. The molecule has 0 aromatic heterocycles. The number of nitrogens with one attached hydrogen (secondary N) is 1. The number of rotatable bonds is 9. The number of aryl methyl sites for hydroxylation is 1. The number of benzene rings is 1. The highest BCUT2D eigenvalue weighted by molar-refractivity contribution is 6.32. The second-order valence-electron chi connectivity index (χ2n) is 5.53. The normalized spacial score (nSPS) is 11.6. The minimum absolute atomic E-state index is 0.139. The molecule has 1 aromatic carbocycles. The van der Waals surface area contributed by atoms with E-state index in [0.717, 1.165) is 5.56 Å². The highest BCUT2D eigenvalue weighted by atomic mass is 35.5. The van der Waals surface area contributed by atoms with Crippen LogP contribution < -0.4 is 10.1 Å². The Morgan fingerprint density at radius 1 is 1.38 bits per heavy atom. The molecule has 1 N–H and O–H groups in total. The number of carbonyl (C=O) groups is 1. The molecule has 0 aliphatic carbocycles. The third-order valence-electron chi connectivity index (χ3n) is 3.34. The van der Waals surface area contributed by atoms with E-state index in [1.165, 1.54) is 19.1 Å². The maximum atomic E-state index is 12.2. The van der Waals surface area contributed by atoms with Crippen molar-refractivity contribution >= 4 is 17.5 Å². The van der Waals surface area contributed by atoms with Gasteiger partial charge in [-0.1, -0.05) is 17.7 Å². The van der Waals surface area contributed by atoms with E-state index in [1.54, 1.807) is 12.1 Å². The van der Waals surface area contributed by atoms with E-state index < -0.39 is 12.7 Å². The van der Waals surface area contributed by atoms with Gasteiger partial charge in [0.2, 0.25) is 5.91 Å². The van der Waals surface area contributed by atoms with Gasteiger partial charge in [0.05, 0.1) is 18.7 Å². The van der Waals surface area contributed by atoms with Crippen molar-refractivity contribution in [2.75, 3.05) is 33.8 Å². The zero-order valence-corrected chi connectivity index (χ0v) is 14.5. The zero-order chi connectivity index (χ0) is 18.2. The summed E-state index contributed by atoms with van der Waals surface area (Å²) in [5, 5.41) is 3.19. The predicted octanol–water partition coefficient (Wildman–Crippen LogP) is 3.28. The molecule has 0 saturated carbocycles. The number of nitrogens with zero attached hydrogens (tertiary/aromatic N) is 1. The van der Waals surface area contributed by atoms with E-state index in [0.29, 0.717) is 36.6 Å². The summed E-state index contributed by atoms with van der Waals surface area (Å²) in [5.41, 5.74) is 0.917. The predicted molar refractivity (Wildman–Crippen MR) is 87.5 cm³/mol. The first-order valence-corrected chi connectivity index (χ1v) is 7.93. The van der Waals surface area contributed by atoms with Gasteiger partial charge in [-0.25, -0.2) is 0 Å². The number of alkyl halides is 3. The van der Waals surface area contributed by atoms with Gasteiger partial charge in [-0.2, -0.15) is 13.2 Å². The van der Waals surface area contributed by atoms with Crippen LogP contribution in [0.5, 0.6) is 5.75 Å². The number of hydrogen-bond acceptors (Lipinski definition) is 3. The van der Waals surface area contributed by atoms with Gasteiger partial charge in [0.25, 0.3) is 0 Å². The molecule has 0 bridgehead atoms. The van der Waals surface area contributed by atoms with Crippen LogP contribution in [0.2, 0.25) is 5.02 Å². The molecule has 8 heteroatoms. The Hall–Kier alpha value is -1.47. The molecule has 0 unspecified atom stereocenters. The highest BCUT2D eigenvalue weighted by Crippen LogP contribution is 2.25. The SMILES string of the molecule is COc1ccc(CCC(=O)NCCCN(C)CC(F)(F)F)cc1Cl. The molecule has 0 spiro atoms. The molecule has 0 aliphatic heterocycles.